The number of nitrogens with one attached hydrogen (secondary N) is 1. The Kier molecular flexibility index (Phi) is 2.91. The van der Waals surface area contributed by atoms with Crippen LogP contribution in [-0.2, 0) is 0 Å². The average molecular weight is 269 g/mol. The summed E-state index contributed by atoms with van der Waals surface area (Å²) >= 11 is 0. The monoisotopic (exact) mass is 269 g/mol. The van der Waals surface area contributed by atoms with Gasteiger partial charge < -0.3 is 11.1 Å². The first-order chi connectivity index (χ1) is 9.69. The summed E-state index contributed by atoms with van der Waals surface area (Å²) in [5.41, 5.74) is 7.51. The van der Waals surface area contributed by atoms with Gasteiger partial charge in [0.05, 0.1) is 0 Å². The van der Waals surface area contributed by atoms with E-state index in [2.05, 4.69) is 5.32 Å². The summed E-state index contributed by atoms with van der Waals surface area (Å²) in [7, 11) is 1.82. The van der Waals surface area contributed by atoms with Gasteiger partial charge in [0.2, 0.25) is 0 Å². The van der Waals surface area contributed by atoms with Crippen LogP contribution >= 0.6 is 0 Å². The smallest absolute Gasteiger partial charge is 0.261 e. The van der Waals surface area contributed by atoms with Gasteiger partial charge in [-0.15, -0.1) is 0 Å². The Morgan fingerprint density at radius 1 is 1.10 bits per heavy atom. The van der Waals surface area contributed by atoms with E-state index in [-0.39, 0.29) is 24.9 Å². The van der Waals surface area contributed by atoms with E-state index in [9.17, 15) is 9.59 Å². The number of hydrogen-bond acceptors (Lipinski definition) is 4. The predicted molar refractivity (Wildman–Crippen MR) is 77.9 cm³/mol. The first-order valence-corrected chi connectivity index (χ1v) is 6.48. The van der Waals surface area contributed by atoms with Gasteiger partial charge >= 0.3 is 0 Å². The molecule has 1 aliphatic heterocycles. The lowest BCUT2D eigenvalue weighted by Gasteiger charge is -2.27. The Bertz CT molecular complexity index is 702. The number of rotatable bonds is 3. The van der Waals surface area contributed by atoms with Crippen molar-refractivity contribution < 1.29 is 9.59 Å². The highest BCUT2D eigenvalue weighted by atomic mass is 16.2. The van der Waals surface area contributed by atoms with Crippen LogP contribution < -0.4 is 11.1 Å². The van der Waals surface area contributed by atoms with Crippen LogP contribution in [0.4, 0.5) is 5.69 Å². The number of anilines is 1. The van der Waals surface area contributed by atoms with Crippen molar-refractivity contribution in [1.82, 2.24) is 4.90 Å². The van der Waals surface area contributed by atoms with Gasteiger partial charge in [0, 0.05) is 47.7 Å². The maximum atomic E-state index is 12.4. The van der Waals surface area contributed by atoms with Crippen molar-refractivity contribution in [2.45, 2.75) is 0 Å². The summed E-state index contributed by atoms with van der Waals surface area (Å²) in [4.78, 5) is 26.1. The van der Waals surface area contributed by atoms with Crippen molar-refractivity contribution in [2.75, 3.05) is 25.5 Å². The van der Waals surface area contributed by atoms with Crippen LogP contribution in [0.25, 0.3) is 10.8 Å². The molecule has 0 bridgehead atoms. The number of benzene rings is 2. The van der Waals surface area contributed by atoms with Crippen molar-refractivity contribution >= 4 is 28.3 Å². The topological polar surface area (TPSA) is 75.4 Å². The fourth-order valence-corrected chi connectivity index (χ4v) is 2.70. The summed E-state index contributed by atoms with van der Waals surface area (Å²) in [5, 5.41) is 4.69. The number of hydrogen-bond donors (Lipinski definition) is 2. The fourth-order valence-electron chi connectivity index (χ4n) is 2.70. The molecule has 0 saturated carbocycles. The first-order valence-electron chi connectivity index (χ1n) is 6.48. The SMILES string of the molecule is CNc1ccc2c3c(cccc13)C(=O)N(CCN)C2=O. The average Bonchev–Trinajstić information content (AvgIpc) is 2.48. The predicted octanol–water partition coefficient (Wildman–Crippen LogP) is 1.44. The Morgan fingerprint density at radius 3 is 2.45 bits per heavy atom. The summed E-state index contributed by atoms with van der Waals surface area (Å²) in [6.45, 7) is 0.499. The minimum absolute atomic E-state index is 0.237. The molecule has 0 unspecified atom stereocenters. The molecule has 102 valence electrons. The van der Waals surface area contributed by atoms with Crippen LogP contribution in [-0.4, -0.2) is 36.9 Å². The highest BCUT2D eigenvalue weighted by Crippen LogP contribution is 2.33. The van der Waals surface area contributed by atoms with Gasteiger partial charge in [-0.2, -0.15) is 0 Å². The molecule has 2 amide bonds. The molecule has 0 saturated heterocycles. The van der Waals surface area contributed by atoms with Crippen molar-refractivity contribution in [3.05, 3.63) is 41.5 Å². The number of imide groups is 1. The van der Waals surface area contributed by atoms with E-state index in [1.54, 1.807) is 12.1 Å². The van der Waals surface area contributed by atoms with Crippen molar-refractivity contribution in [2.24, 2.45) is 5.73 Å². The Labute approximate surface area is 116 Å². The number of nitrogens with zero attached hydrogens (tertiary/aromatic N) is 1. The standard InChI is InChI=1S/C15H15N3O2/c1-17-12-6-5-11-13-9(12)3-2-4-10(13)14(19)18(8-7-16)15(11)20/h2-6,17H,7-8,16H2,1H3. The van der Waals surface area contributed by atoms with Crippen LogP contribution in [0.3, 0.4) is 0 Å². The number of carbonyl (C=O) groups is 2. The summed E-state index contributed by atoms with van der Waals surface area (Å²) in [5.74, 6) is -0.543. The summed E-state index contributed by atoms with van der Waals surface area (Å²) < 4.78 is 0. The van der Waals surface area contributed by atoms with Gasteiger partial charge in [0.1, 0.15) is 0 Å². The maximum absolute atomic E-state index is 12.4. The largest absolute Gasteiger partial charge is 0.388 e. The maximum Gasteiger partial charge on any atom is 0.261 e. The molecule has 3 rings (SSSR count). The van der Waals surface area contributed by atoms with Crippen LogP contribution in [0, 0.1) is 0 Å². The molecule has 20 heavy (non-hydrogen) atoms. The molecule has 2 aromatic carbocycles. The molecule has 1 aliphatic rings. The van der Waals surface area contributed by atoms with E-state index in [4.69, 9.17) is 5.73 Å². The third-order valence-corrected chi connectivity index (χ3v) is 3.61. The molecule has 1 heterocycles. The third kappa shape index (κ3) is 1.60. The van der Waals surface area contributed by atoms with Gasteiger partial charge in [0.25, 0.3) is 11.8 Å². The van der Waals surface area contributed by atoms with Gasteiger partial charge in [-0.25, -0.2) is 0 Å². The van der Waals surface area contributed by atoms with Crippen LogP contribution in [0.15, 0.2) is 30.3 Å². The second-order valence-electron chi connectivity index (χ2n) is 4.69. The molecule has 0 aliphatic carbocycles. The molecular formula is C15H15N3O2. The zero-order valence-corrected chi connectivity index (χ0v) is 11.1. The number of amides is 2. The molecule has 0 spiro atoms. The van der Waals surface area contributed by atoms with Crippen molar-refractivity contribution in [3.8, 4) is 0 Å². The molecule has 3 N–H and O–H groups in total. The molecule has 5 heteroatoms. The number of nitrogens with two attached hydrogens (primary N) is 1. The Hall–Kier alpha value is -2.40. The molecule has 0 fully saturated rings. The van der Waals surface area contributed by atoms with Crippen LogP contribution in [0.1, 0.15) is 20.7 Å². The Morgan fingerprint density at radius 2 is 1.80 bits per heavy atom. The third-order valence-electron chi connectivity index (χ3n) is 3.61. The van der Waals surface area contributed by atoms with Crippen molar-refractivity contribution in [1.29, 1.82) is 0 Å². The molecule has 0 radical (unpaired) electrons. The normalized spacial score (nSPS) is 14.0. The van der Waals surface area contributed by atoms with E-state index in [1.165, 1.54) is 4.90 Å². The quantitative estimate of drug-likeness (QED) is 0.827. The zero-order valence-electron chi connectivity index (χ0n) is 11.1. The van der Waals surface area contributed by atoms with E-state index >= 15 is 0 Å². The second-order valence-corrected chi connectivity index (χ2v) is 4.69. The molecule has 0 atom stereocenters. The Balaban J connectivity index is 2.33. The second kappa shape index (κ2) is 4.61. The lowest BCUT2D eigenvalue weighted by atomic mass is 9.93. The first kappa shape index (κ1) is 12.6. The van der Waals surface area contributed by atoms with E-state index in [0.29, 0.717) is 11.1 Å². The molecular weight excluding hydrogens is 254 g/mol. The van der Waals surface area contributed by atoms with Gasteiger partial charge in [-0.05, 0) is 18.2 Å². The van der Waals surface area contributed by atoms with Gasteiger partial charge in [-0.1, -0.05) is 12.1 Å². The summed E-state index contributed by atoms with van der Waals surface area (Å²) in [6.07, 6.45) is 0. The highest BCUT2D eigenvalue weighted by Gasteiger charge is 2.32. The van der Waals surface area contributed by atoms with Gasteiger partial charge in [-0.3, -0.25) is 14.5 Å². The minimum Gasteiger partial charge on any atom is -0.388 e. The van der Waals surface area contributed by atoms with E-state index in [1.807, 2.05) is 25.2 Å². The highest BCUT2D eigenvalue weighted by molar-refractivity contribution is 6.26. The van der Waals surface area contributed by atoms with Gasteiger partial charge in [0.15, 0.2) is 0 Å². The fraction of sp³-hybridized carbons (Fsp3) is 0.200. The van der Waals surface area contributed by atoms with Crippen LogP contribution in [0.5, 0.6) is 0 Å². The summed E-state index contributed by atoms with van der Waals surface area (Å²) in [6, 6.07) is 9.11. The lowest BCUT2D eigenvalue weighted by Crippen LogP contribution is -2.43. The zero-order chi connectivity index (χ0) is 14.3. The molecule has 5 nitrogen and oxygen atoms in total. The van der Waals surface area contributed by atoms with E-state index in [0.717, 1.165) is 16.5 Å². The van der Waals surface area contributed by atoms with E-state index < -0.39 is 0 Å². The molecule has 0 aromatic heterocycles. The number of carbonyl (C=O) groups excluding carboxylic acids is 2. The van der Waals surface area contributed by atoms with Crippen LogP contribution in [0.2, 0.25) is 0 Å². The molecule has 2 aromatic rings. The minimum atomic E-state index is -0.271. The van der Waals surface area contributed by atoms with Crippen molar-refractivity contribution in [3.63, 3.8) is 0 Å². The lowest BCUT2D eigenvalue weighted by molar-refractivity contribution is 0.0615.